The molecule has 1 aliphatic rings. The highest BCUT2D eigenvalue weighted by atomic mass is 16.5. The minimum atomic E-state index is 0.285. The Kier molecular flexibility index (Phi) is 6.68. The molecule has 1 aromatic rings. The van der Waals surface area contributed by atoms with Crippen molar-refractivity contribution >= 4 is 0 Å². The summed E-state index contributed by atoms with van der Waals surface area (Å²) in [6, 6.07) is 6.96. The van der Waals surface area contributed by atoms with E-state index in [-0.39, 0.29) is 6.04 Å². The zero-order valence-corrected chi connectivity index (χ0v) is 13.7. The fourth-order valence-electron chi connectivity index (χ4n) is 2.86. The molecule has 2 rings (SSSR count). The molecule has 0 aromatic heterocycles. The van der Waals surface area contributed by atoms with Crippen LogP contribution in [0.1, 0.15) is 42.5 Å². The van der Waals surface area contributed by atoms with E-state index in [1.807, 2.05) is 0 Å². The van der Waals surface area contributed by atoms with Crippen molar-refractivity contribution < 1.29 is 9.47 Å². The third-order valence-electron chi connectivity index (χ3n) is 4.10. The first-order valence-electron chi connectivity index (χ1n) is 8.16. The van der Waals surface area contributed by atoms with Gasteiger partial charge in [0, 0.05) is 12.5 Å². The van der Waals surface area contributed by atoms with E-state index in [1.54, 1.807) is 0 Å². The minimum Gasteiger partial charge on any atom is -0.381 e. The van der Waals surface area contributed by atoms with Crippen LogP contribution in [-0.4, -0.2) is 33.0 Å². The second kappa shape index (κ2) is 8.52. The van der Waals surface area contributed by atoms with Gasteiger partial charge in [-0.05, 0) is 44.4 Å². The Morgan fingerprint density at radius 2 is 2.24 bits per heavy atom. The van der Waals surface area contributed by atoms with Gasteiger partial charge in [0.15, 0.2) is 0 Å². The van der Waals surface area contributed by atoms with E-state index in [9.17, 15) is 0 Å². The van der Waals surface area contributed by atoms with Crippen molar-refractivity contribution in [3.8, 4) is 0 Å². The van der Waals surface area contributed by atoms with Crippen molar-refractivity contribution in [1.82, 2.24) is 5.32 Å². The largest absolute Gasteiger partial charge is 0.381 e. The Morgan fingerprint density at radius 1 is 1.38 bits per heavy atom. The van der Waals surface area contributed by atoms with Crippen LogP contribution in [0.25, 0.3) is 0 Å². The molecule has 2 unspecified atom stereocenters. The van der Waals surface area contributed by atoms with Gasteiger partial charge < -0.3 is 14.8 Å². The van der Waals surface area contributed by atoms with Gasteiger partial charge in [-0.2, -0.15) is 0 Å². The maximum absolute atomic E-state index is 5.97. The standard InChI is InChI=1S/C18H29NO2/c1-4-8-19-18(13-21-12-16-7-9-20-11-16)17-6-5-14(2)10-15(17)3/h5-6,10,16,18-19H,4,7-9,11-13H2,1-3H3. The van der Waals surface area contributed by atoms with Gasteiger partial charge in [-0.1, -0.05) is 30.7 Å². The van der Waals surface area contributed by atoms with Crippen molar-refractivity contribution in [1.29, 1.82) is 0 Å². The summed E-state index contributed by atoms with van der Waals surface area (Å²) < 4.78 is 11.4. The first-order chi connectivity index (χ1) is 10.2. The maximum atomic E-state index is 5.97. The lowest BCUT2D eigenvalue weighted by atomic mass is 9.99. The van der Waals surface area contributed by atoms with E-state index in [0.29, 0.717) is 5.92 Å². The molecule has 0 radical (unpaired) electrons. The van der Waals surface area contributed by atoms with Crippen molar-refractivity contribution in [2.24, 2.45) is 5.92 Å². The van der Waals surface area contributed by atoms with Gasteiger partial charge in [-0.25, -0.2) is 0 Å². The van der Waals surface area contributed by atoms with E-state index in [0.717, 1.165) is 45.8 Å². The third kappa shape index (κ3) is 5.10. The predicted molar refractivity (Wildman–Crippen MR) is 86.7 cm³/mol. The van der Waals surface area contributed by atoms with Crippen LogP contribution in [0, 0.1) is 19.8 Å². The Morgan fingerprint density at radius 3 is 2.90 bits per heavy atom. The summed E-state index contributed by atoms with van der Waals surface area (Å²) in [7, 11) is 0. The third-order valence-corrected chi connectivity index (χ3v) is 4.10. The molecule has 21 heavy (non-hydrogen) atoms. The van der Waals surface area contributed by atoms with Crippen LogP contribution in [0.4, 0.5) is 0 Å². The Labute approximate surface area is 129 Å². The maximum Gasteiger partial charge on any atom is 0.0661 e. The van der Waals surface area contributed by atoms with Crippen molar-refractivity contribution in [2.45, 2.75) is 39.7 Å². The highest BCUT2D eigenvalue weighted by Gasteiger charge is 2.18. The van der Waals surface area contributed by atoms with Gasteiger partial charge in [0.25, 0.3) is 0 Å². The monoisotopic (exact) mass is 291 g/mol. The normalized spacial score (nSPS) is 19.9. The molecule has 3 heteroatoms. The summed E-state index contributed by atoms with van der Waals surface area (Å²) in [5, 5.41) is 3.62. The lowest BCUT2D eigenvalue weighted by Gasteiger charge is -2.22. The molecule has 0 saturated carbocycles. The van der Waals surface area contributed by atoms with Crippen LogP contribution < -0.4 is 5.32 Å². The van der Waals surface area contributed by atoms with E-state index >= 15 is 0 Å². The number of benzene rings is 1. The molecule has 1 heterocycles. The number of rotatable bonds is 8. The highest BCUT2D eigenvalue weighted by Crippen LogP contribution is 2.20. The zero-order chi connectivity index (χ0) is 15.1. The van der Waals surface area contributed by atoms with Gasteiger partial charge in [0.2, 0.25) is 0 Å². The number of hydrogen-bond acceptors (Lipinski definition) is 3. The summed E-state index contributed by atoms with van der Waals surface area (Å²) >= 11 is 0. The van der Waals surface area contributed by atoms with Crippen molar-refractivity contribution in [3.05, 3.63) is 34.9 Å². The predicted octanol–water partition coefficient (Wildman–Crippen LogP) is 3.40. The fraction of sp³-hybridized carbons (Fsp3) is 0.667. The van der Waals surface area contributed by atoms with Gasteiger partial charge in [0.1, 0.15) is 0 Å². The average Bonchev–Trinajstić information content (AvgIpc) is 2.96. The summed E-state index contributed by atoms with van der Waals surface area (Å²) in [6.45, 7) is 10.8. The quantitative estimate of drug-likeness (QED) is 0.796. The lowest BCUT2D eigenvalue weighted by molar-refractivity contribution is 0.0743. The first kappa shape index (κ1) is 16.5. The van der Waals surface area contributed by atoms with E-state index in [4.69, 9.17) is 9.47 Å². The van der Waals surface area contributed by atoms with Gasteiger partial charge in [-0.3, -0.25) is 0 Å². The van der Waals surface area contributed by atoms with Crippen LogP contribution in [-0.2, 0) is 9.47 Å². The Balaban J connectivity index is 1.92. The average molecular weight is 291 g/mol. The molecule has 1 aliphatic heterocycles. The fourth-order valence-corrected chi connectivity index (χ4v) is 2.86. The SMILES string of the molecule is CCCNC(COCC1CCOC1)c1ccc(C)cc1C. The minimum absolute atomic E-state index is 0.285. The Bertz CT molecular complexity index is 427. The van der Waals surface area contributed by atoms with Crippen LogP contribution in [0.3, 0.4) is 0 Å². The van der Waals surface area contributed by atoms with Crippen LogP contribution in [0.2, 0.25) is 0 Å². The molecule has 3 nitrogen and oxygen atoms in total. The molecule has 1 saturated heterocycles. The van der Waals surface area contributed by atoms with Crippen molar-refractivity contribution in [3.63, 3.8) is 0 Å². The summed E-state index contributed by atoms with van der Waals surface area (Å²) in [6.07, 6.45) is 2.27. The number of ether oxygens (including phenoxy) is 2. The van der Waals surface area contributed by atoms with Crippen LogP contribution in [0.5, 0.6) is 0 Å². The van der Waals surface area contributed by atoms with Gasteiger partial charge in [-0.15, -0.1) is 0 Å². The molecule has 1 aromatic carbocycles. The number of aryl methyl sites for hydroxylation is 2. The Hall–Kier alpha value is -0.900. The molecular weight excluding hydrogens is 262 g/mol. The van der Waals surface area contributed by atoms with Crippen LogP contribution in [0.15, 0.2) is 18.2 Å². The second-order valence-corrected chi connectivity index (χ2v) is 6.13. The topological polar surface area (TPSA) is 30.5 Å². The van der Waals surface area contributed by atoms with E-state index in [2.05, 4.69) is 44.3 Å². The number of hydrogen-bond donors (Lipinski definition) is 1. The summed E-state index contributed by atoms with van der Waals surface area (Å²) in [4.78, 5) is 0. The van der Waals surface area contributed by atoms with Crippen LogP contribution >= 0.6 is 0 Å². The van der Waals surface area contributed by atoms with E-state index < -0.39 is 0 Å². The molecule has 0 aliphatic carbocycles. The van der Waals surface area contributed by atoms with E-state index in [1.165, 1.54) is 16.7 Å². The molecular formula is C18H29NO2. The molecule has 1 fully saturated rings. The molecule has 118 valence electrons. The molecule has 1 N–H and O–H groups in total. The molecule has 0 amide bonds. The number of nitrogens with one attached hydrogen (secondary N) is 1. The second-order valence-electron chi connectivity index (χ2n) is 6.13. The zero-order valence-electron chi connectivity index (χ0n) is 13.7. The first-order valence-corrected chi connectivity index (χ1v) is 8.16. The lowest BCUT2D eigenvalue weighted by Crippen LogP contribution is -2.28. The smallest absolute Gasteiger partial charge is 0.0661 e. The molecule has 0 bridgehead atoms. The molecule has 0 spiro atoms. The summed E-state index contributed by atoms with van der Waals surface area (Å²) in [5.74, 6) is 0.580. The highest BCUT2D eigenvalue weighted by molar-refractivity contribution is 5.32. The molecule has 2 atom stereocenters. The van der Waals surface area contributed by atoms with Gasteiger partial charge in [0.05, 0.1) is 25.9 Å². The van der Waals surface area contributed by atoms with Crippen molar-refractivity contribution in [2.75, 3.05) is 33.0 Å². The summed E-state index contributed by atoms with van der Waals surface area (Å²) in [5.41, 5.74) is 4.02. The van der Waals surface area contributed by atoms with Gasteiger partial charge >= 0.3 is 0 Å².